The van der Waals surface area contributed by atoms with Gasteiger partial charge in [-0.3, -0.25) is 6.08 Å². The third kappa shape index (κ3) is 7.84. The van der Waals surface area contributed by atoms with Crippen LogP contribution >= 0.6 is 0 Å². The Kier molecular flexibility index (Phi) is 14.7. The quantitative estimate of drug-likeness (QED) is 0.306. The minimum absolute atomic E-state index is 1.02. The van der Waals surface area contributed by atoms with E-state index in [-0.39, 0.29) is 0 Å². The number of rotatable bonds is 0. The zero-order valence-corrected chi connectivity index (χ0v) is 19.0. The summed E-state index contributed by atoms with van der Waals surface area (Å²) < 4.78 is 0. The average molecular weight is 422 g/mol. The molecule has 0 fully saturated rings. The van der Waals surface area contributed by atoms with Crippen molar-refractivity contribution in [2.45, 2.75) is 33.6 Å². The van der Waals surface area contributed by atoms with Crippen molar-refractivity contribution in [3.63, 3.8) is 0 Å². The van der Waals surface area contributed by atoms with Gasteiger partial charge in [-0.1, -0.05) is 42.3 Å². The van der Waals surface area contributed by atoms with E-state index in [1.165, 1.54) is 51.2 Å². The molecule has 0 N–H and O–H groups in total. The minimum atomic E-state index is 1.02. The number of allylic oxidation sites excluding steroid dienone is 4. The molecule has 2 radical (unpaired) electrons. The maximum Gasteiger partial charge on any atom is -0.0253 e. The zero-order valence-electron chi connectivity index (χ0n) is 15.5. The molecule has 2 aromatic carbocycles. The summed E-state index contributed by atoms with van der Waals surface area (Å²) in [7, 11) is 0. The van der Waals surface area contributed by atoms with E-state index in [2.05, 4.69) is 88.3 Å². The van der Waals surface area contributed by atoms with E-state index in [9.17, 15) is 0 Å². The Morgan fingerprint density at radius 1 is 0.960 bits per heavy atom. The third-order valence-electron chi connectivity index (χ3n) is 3.48. The van der Waals surface area contributed by atoms with Crippen LogP contribution in [0.2, 0.25) is 0 Å². The van der Waals surface area contributed by atoms with Crippen molar-refractivity contribution in [2.24, 2.45) is 0 Å². The van der Waals surface area contributed by atoms with E-state index in [0.717, 1.165) is 12.8 Å². The molecule has 0 aliphatic heterocycles. The van der Waals surface area contributed by atoms with Gasteiger partial charge in [0.15, 0.2) is 0 Å². The Morgan fingerprint density at radius 2 is 1.60 bits per heavy atom. The molecule has 2 heteroatoms. The fourth-order valence-electron chi connectivity index (χ4n) is 2.51. The molecule has 0 heterocycles. The van der Waals surface area contributed by atoms with E-state index >= 15 is 0 Å². The molecule has 0 amide bonds. The Balaban J connectivity index is 0.000000407. The van der Waals surface area contributed by atoms with E-state index in [0.29, 0.717) is 0 Å². The molecule has 0 aromatic heterocycles. The molecular weight excluding hydrogens is 396 g/mol. The first-order valence-corrected chi connectivity index (χ1v) is 12.5. The topological polar surface area (TPSA) is 0 Å². The number of hydrogen-bond acceptors (Lipinski definition) is 0. The molecule has 0 atom stereocenters. The molecular formula is C23H26SiZr-4. The molecule has 0 saturated carbocycles. The van der Waals surface area contributed by atoms with Crippen LogP contribution in [-0.2, 0) is 29.8 Å². The molecule has 0 saturated heterocycles. The fraction of sp³-hybridized carbons (Fsp3) is 0.217. The monoisotopic (exact) mass is 420 g/mol. The van der Waals surface area contributed by atoms with Crippen LogP contribution in [0.3, 0.4) is 0 Å². The maximum absolute atomic E-state index is 3.30. The third-order valence-corrected chi connectivity index (χ3v) is 3.48. The Morgan fingerprint density at radius 3 is 2.16 bits per heavy atom. The molecule has 0 unspecified atom stereocenters. The smallest absolute Gasteiger partial charge is 0.0253 e. The molecule has 130 valence electrons. The Hall–Kier alpha value is -0.980. The fourth-order valence-corrected chi connectivity index (χ4v) is 2.51. The van der Waals surface area contributed by atoms with E-state index in [4.69, 9.17) is 0 Å². The van der Waals surface area contributed by atoms with Gasteiger partial charge in [0.05, 0.1) is 0 Å². The van der Waals surface area contributed by atoms with Crippen molar-refractivity contribution >= 4 is 6.88 Å². The molecule has 0 nitrogen and oxygen atoms in total. The van der Waals surface area contributed by atoms with Gasteiger partial charge in [0.25, 0.3) is 0 Å². The van der Waals surface area contributed by atoms with Crippen molar-refractivity contribution in [2.75, 3.05) is 0 Å². The maximum atomic E-state index is 3.30. The molecule has 2 aliphatic carbocycles. The Bertz CT molecular complexity index is 625. The van der Waals surface area contributed by atoms with Gasteiger partial charge in [-0.2, -0.15) is 49.8 Å². The summed E-state index contributed by atoms with van der Waals surface area (Å²) in [4.78, 5) is 0. The van der Waals surface area contributed by atoms with Gasteiger partial charge < -0.3 is 13.8 Å². The van der Waals surface area contributed by atoms with Crippen LogP contribution in [0.25, 0.3) is 11.1 Å². The minimum Gasteiger partial charge on any atom is -0.179 e. The van der Waals surface area contributed by atoms with Crippen LogP contribution in [0.4, 0.5) is 0 Å². The zero-order chi connectivity index (χ0) is 19.1. The summed E-state index contributed by atoms with van der Waals surface area (Å²) in [5, 5.41) is 0. The molecule has 2 aromatic rings. The van der Waals surface area contributed by atoms with Gasteiger partial charge in [0.2, 0.25) is 0 Å². The second kappa shape index (κ2) is 15.3. The van der Waals surface area contributed by atoms with Crippen LogP contribution in [0.5, 0.6) is 0 Å². The van der Waals surface area contributed by atoms with Crippen molar-refractivity contribution < 1.29 is 23.3 Å². The van der Waals surface area contributed by atoms with E-state index < -0.39 is 0 Å². The van der Waals surface area contributed by atoms with Crippen molar-refractivity contribution in [1.29, 1.82) is 0 Å². The predicted octanol–water partition coefficient (Wildman–Crippen LogP) is 6.05. The normalized spacial score (nSPS) is 11.4. The van der Waals surface area contributed by atoms with Crippen molar-refractivity contribution in [3.8, 4) is 11.1 Å². The summed E-state index contributed by atoms with van der Waals surface area (Å²) in [6, 6.07) is 18.1. The van der Waals surface area contributed by atoms with Crippen molar-refractivity contribution in [1.82, 2.24) is 0 Å². The summed E-state index contributed by atoms with van der Waals surface area (Å²) in [6.07, 6.45) is 9.38. The summed E-state index contributed by atoms with van der Waals surface area (Å²) >= 11 is 1.36. The number of fused-ring (bicyclic) bond motifs is 3. The van der Waals surface area contributed by atoms with Gasteiger partial charge in [-0.05, 0) is 6.42 Å². The van der Waals surface area contributed by atoms with Gasteiger partial charge in [-0.25, -0.2) is 11.6 Å². The molecule has 4 rings (SSSR count). The first-order valence-electron chi connectivity index (χ1n) is 8.33. The van der Waals surface area contributed by atoms with Crippen molar-refractivity contribution in [3.05, 3.63) is 97.3 Å². The van der Waals surface area contributed by atoms with Gasteiger partial charge in [0, 0.05) is 0 Å². The predicted molar refractivity (Wildman–Crippen MR) is 108 cm³/mol. The van der Waals surface area contributed by atoms with Crippen LogP contribution in [0.1, 0.15) is 38.3 Å². The van der Waals surface area contributed by atoms with E-state index in [1.54, 1.807) is 13.8 Å². The first kappa shape index (κ1) is 24.0. The van der Waals surface area contributed by atoms with E-state index in [1.807, 2.05) is 6.07 Å². The second-order valence-corrected chi connectivity index (χ2v) is 4.86. The van der Waals surface area contributed by atoms with Crippen LogP contribution in [-0.4, -0.2) is 6.88 Å². The Labute approximate surface area is 171 Å². The summed E-state index contributed by atoms with van der Waals surface area (Å²) in [5.74, 6) is 0. The van der Waals surface area contributed by atoms with Crippen LogP contribution in [0.15, 0.2) is 60.2 Å². The largest absolute Gasteiger partial charge is 0.179 e. The molecule has 2 aliphatic rings. The summed E-state index contributed by atoms with van der Waals surface area (Å²) in [5.41, 5.74) is 6.78. The number of benzene rings is 2. The molecule has 0 bridgehead atoms. The second-order valence-electron chi connectivity index (χ2n) is 4.86. The SMILES string of the molecule is CC1=[C-]CC=C1.[CH2-]C.[CH2-]C.[Si]=[Zr].[c-]1cccc2c1Cc1ccccc1-2. The molecule has 25 heavy (non-hydrogen) atoms. The molecule has 0 spiro atoms. The number of hydrogen-bond donors (Lipinski definition) is 0. The average Bonchev–Trinajstić information content (AvgIpc) is 3.33. The summed E-state index contributed by atoms with van der Waals surface area (Å²) in [6.45, 7) is 15.1. The standard InChI is InChI=1S/C13H9.C6H7.2C2H5.Si.Zr/c1-3-7-12-10(5-1)9-11-6-2-4-8-13(11)12;1-6-4-2-3-5-6;2*1-2;;/h1-5,7-8H,9H2;2,4H,3H2,1H3;2*1H2,2H3;;/q4*-1;;. The van der Waals surface area contributed by atoms with Crippen LogP contribution in [0, 0.1) is 26.0 Å². The van der Waals surface area contributed by atoms with Crippen LogP contribution < -0.4 is 0 Å². The van der Waals surface area contributed by atoms with Gasteiger partial charge in [-0.15, -0.1) is 12.0 Å². The van der Waals surface area contributed by atoms with Gasteiger partial charge >= 0.3 is 30.2 Å². The van der Waals surface area contributed by atoms with Gasteiger partial charge in [0.1, 0.15) is 0 Å². The first-order chi connectivity index (χ1) is 12.3.